The first-order valence-corrected chi connectivity index (χ1v) is 7.99. The first kappa shape index (κ1) is 16.2. The van der Waals surface area contributed by atoms with Gasteiger partial charge in [-0.05, 0) is 24.5 Å². The molecule has 0 aliphatic carbocycles. The van der Waals surface area contributed by atoms with Crippen LogP contribution in [0.2, 0.25) is 0 Å². The van der Waals surface area contributed by atoms with Crippen LogP contribution >= 0.6 is 11.8 Å². The second kappa shape index (κ2) is 7.19. The van der Waals surface area contributed by atoms with Crippen molar-refractivity contribution in [3.05, 3.63) is 46.7 Å². The molecule has 114 valence electrons. The fraction of sp³-hybridized carbons (Fsp3) is 0.294. The molecule has 0 saturated carbocycles. The number of terminal acetylenes is 1. The maximum atomic E-state index is 11.6. The van der Waals surface area contributed by atoms with E-state index in [9.17, 15) is 9.90 Å². The third kappa shape index (κ3) is 3.52. The number of hydrogen-bond acceptors (Lipinski definition) is 4. The van der Waals surface area contributed by atoms with Gasteiger partial charge in [0.2, 0.25) is 0 Å². The van der Waals surface area contributed by atoms with Crippen LogP contribution in [-0.4, -0.2) is 22.0 Å². The van der Waals surface area contributed by atoms with E-state index in [4.69, 9.17) is 6.42 Å². The molecule has 0 aromatic heterocycles. The van der Waals surface area contributed by atoms with E-state index in [2.05, 4.69) is 23.2 Å². The summed E-state index contributed by atoms with van der Waals surface area (Å²) in [6, 6.07) is 7.40. The zero-order valence-electron chi connectivity index (χ0n) is 12.6. The van der Waals surface area contributed by atoms with Crippen LogP contribution < -0.4 is 5.32 Å². The van der Waals surface area contributed by atoms with E-state index in [1.54, 1.807) is 6.92 Å². The van der Waals surface area contributed by atoms with Gasteiger partial charge in [0, 0.05) is 5.70 Å². The maximum Gasteiger partial charge on any atom is 0.335 e. The van der Waals surface area contributed by atoms with Crippen LogP contribution in [0.25, 0.3) is 0 Å². The number of amidine groups is 1. The van der Waals surface area contributed by atoms with E-state index < -0.39 is 12.0 Å². The van der Waals surface area contributed by atoms with Crippen LogP contribution in [0.3, 0.4) is 0 Å². The van der Waals surface area contributed by atoms with Crippen LogP contribution in [0.15, 0.2) is 40.5 Å². The number of benzene rings is 1. The van der Waals surface area contributed by atoms with E-state index in [0.717, 1.165) is 12.0 Å². The van der Waals surface area contributed by atoms with Crippen LogP contribution in [0, 0.1) is 12.3 Å². The van der Waals surface area contributed by atoms with Gasteiger partial charge in [0.1, 0.15) is 6.04 Å². The lowest BCUT2D eigenvalue weighted by atomic mass is 9.95. The Balaban J connectivity index is 2.40. The predicted octanol–water partition coefficient (Wildman–Crippen LogP) is 2.97. The van der Waals surface area contributed by atoms with Crippen molar-refractivity contribution in [2.75, 3.05) is 5.75 Å². The minimum absolute atomic E-state index is 0.273. The number of aliphatic imine (C=N–C) groups is 1. The molecule has 0 spiro atoms. The van der Waals surface area contributed by atoms with Crippen molar-refractivity contribution in [2.45, 2.75) is 26.3 Å². The summed E-state index contributed by atoms with van der Waals surface area (Å²) in [5, 5.41) is 13.2. The largest absolute Gasteiger partial charge is 0.478 e. The van der Waals surface area contributed by atoms with Crippen molar-refractivity contribution >= 4 is 22.9 Å². The van der Waals surface area contributed by atoms with Crippen molar-refractivity contribution in [1.29, 1.82) is 0 Å². The number of carbonyl (C=O) groups is 1. The number of allylic oxidation sites excluding steroid dienone is 1. The number of aryl methyl sites for hydroxylation is 1. The number of nitrogens with zero attached hydrogens (tertiary/aromatic N) is 1. The summed E-state index contributed by atoms with van der Waals surface area (Å²) < 4.78 is 0. The Morgan fingerprint density at radius 3 is 2.68 bits per heavy atom. The molecule has 1 aromatic carbocycles. The molecule has 4 nitrogen and oxygen atoms in total. The van der Waals surface area contributed by atoms with Crippen LogP contribution in [0.1, 0.15) is 31.0 Å². The summed E-state index contributed by atoms with van der Waals surface area (Å²) in [6.07, 6.45) is 6.22. The number of aliphatic carboxylic acids is 1. The molecule has 0 saturated heterocycles. The fourth-order valence-electron chi connectivity index (χ4n) is 2.28. The molecule has 1 heterocycles. The Morgan fingerprint density at radius 2 is 2.14 bits per heavy atom. The van der Waals surface area contributed by atoms with Gasteiger partial charge in [-0.2, -0.15) is 0 Å². The minimum atomic E-state index is -0.959. The number of nitrogens with one attached hydrogen (secondary N) is 1. The number of hydrogen-bond donors (Lipinski definition) is 2. The monoisotopic (exact) mass is 314 g/mol. The molecule has 1 aliphatic heterocycles. The number of carboxylic acid groups (broad SMARTS) is 1. The Labute approximate surface area is 134 Å². The second-order valence-electron chi connectivity index (χ2n) is 4.89. The van der Waals surface area contributed by atoms with Crippen LogP contribution in [0.5, 0.6) is 0 Å². The quantitative estimate of drug-likeness (QED) is 0.839. The van der Waals surface area contributed by atoms with Crippen LogP contribution in [-0.2, 0) is 11.2 Å². The first-order valence-electron chi connectivity index (χ1n) is 7.00. The average Bonchev–Trinajstić information content (AvgIpc) is 2.52. The lowest BCUT2D eigenvalue weighted by molar-refractivity contribution is -0.133. The van der Waals surface area contributed by atoms with E-state index in [1.807, 2.05) is 24.3 Å². The minimum Gasteiger partial charge on any atom is -0.478 e. The third-order valence-electron chi connectivity index (χ3n) is 3.44. The molecule has 1 unspecified atom stereocenters. The lowest BCUT2D eigenvalue weighted by Crippen LogP contribution is -2.29. The van der Waals surface area contributed by atoms with Crippen molar-refractivity contribution in [1.82, 2.24) is 5.32 Å². The summed E-state index contributed by atoms with van der Waals surface area (Å²) in [5.41, 5.74) is 2.95. The SMILES string of the molecule is C#CCSC1=NC(c2ccc(CC)cc2)C(C(=O)O)=C(C)N1. The molecule has 0 bridgehead atoms. The second-order valence-corrected chi connectivity index (χ2v) is 5.86. The smallest absolute Gasteiger partial charge is 0.335 e. The summed E-state index contributed by atoms with van der Waals surface area (Å²) in [5.74, 6) is 2.07. The van der Waals surface area contributed by atoms with Crippen LogP contribution in [0.4, 0.5) is 0 Å². The zero-order chi connectivity index (χ0) is 16.1. The van der Waals surface area contributed by atoms with Gasteiger partial charge in [0.25, 0.3) is 0 Å². The molecule has 2 rings (SSSR count). The fourth-order valence-corrected chi connectivity index (χ4v) is 2.91. The van der Waals surface area contributed by atoms with E-state index >= 15 is 0 Å². The van der Waals surface area contributed by atoms with E-state index in [1.165, 1.54) is 17.3 Å². The first-order chi connectivity index (χ1) is 10.6. The van der Waals surface area contributed by atoms with Crippen molar-refractivity contribution in [2.24, 2.45) is 4.99 Å². The van der Waals surface area contributed by atoms with Gasteiger partial charge in [-0.3, -0.25) is 0 Å². The Bertz CT molecular complexity index is 669. The predicted molar refractivity (Wildman–Crippen MR) is 90.8 cm³/mol. The summed E-state index contributed by atoms with van der Waals surface area (Å²) in [7, 11) is 0. The van der Waals surface area contributed by atoms with Gasteiger partial charge in [0.05, 0.1) is 11.3 Å². The number of rotatable bonds is 4. The standard InChI is InChI=1S/C17H18N2O2S/c1-4-10-22-17-18-11(3)14(16(20)21)15(19-17)13-8-6-12(5-2)7-9-13/h1,6-9,15H,5,10H2,2-3H3,(H,18,19)(H,20,21). The highest BCUT2D eigenvalue weighted by Crippen LogP contribution is 2.32. The normalized spacial score (nSPS) is 17.5. The maximum absolute atomic E-state index is 11.6. The van der Waals surface area contributed by atoms with Gasteiger partial charge >= 0.3 is 5.97 Å². The Kier molecular flexibility index (Phi) is 5.29. The average molecular weight is 314 g/mol. The van der Waals surface area contributed by atoms with E-state index in [0.29, 0.717) is 16.6 Å². The van der Waals surface area contributed by atoms with Crippen molar-refractivity contribution < 1.29 is 9.90 Å². The number of carboxylic acids is 1. The number of thioether (sulfide) groups is 1. The molecule has 0 fully saturated rings. The van der Waals surface area contributed by atoms with Gasteiger partial charge < -0.3 is 10.4 Å². The molecular formula is C17H18N2O2S. The summed E-state index contributed by atoms with van der Waals surface area (Å²) >= 11 is 1.40. The Morgan fingerprint density at radius 1 is 1.45 bits per heavy atom. The van der Waals surface area contributed by atoms with Crippen molar-refractivity contribution in [3.8, 4) is 12.3 Å². The van der Waals surface area contributed by atoms with Gasteiger partial charge in [-0.25, -0.2) is 9.79 Å². The van der Waals surface area contributed by atoms with Gasteiger partial charge in [-0.15, -0.1) is 6.42 Å². The summed E-state index contributed by atoms with van der Waals surface area (Å²) in [4.78, 5) is 16.1. The highest BCUT2D eigenvalue weighted by Gasteiger charge is 2.28. The summed E-state index contributed by atoms with van der Waals surface area (Å²) in [6.45, 7) is 3.83. The molecule has 1 atom stereocenters. The molecule has 5 heteroatoms. The molecule has 1 aliphatic rings. The third-order valence-corrected chi connectivity index (χ3v) is 4.24. The van der Waals surface area contributed by atoms with E-state index in [-0.39, 0.29) is 5.57 Å². The highest BCUT2D eigenvalue weighted by atomic mass is 32.2. The zero-order valence-corrected chi connectivity index (χ0v) is 13.4. The molecule has 0 radical (unpaired) electrons. The Hall–Kier alpha value is -2.19. The van der Waals surface area contributed by atoms with Gasteiger partial charge in [0.15, 0.2) is 5.17 Å². The highest BCUT2D eigenvalue weighted by molar-refractivity contribution is 8.14. The molecule has 1 aromatic rings. The lowest BCUT2D eigenvalue weighted by Gasteiger charge is -2.24. The molecule has 22 heavy (non-hydrogen) atoms. The van der Waals surface area contributed by atoms with Gasteiger partial charge in [-0.1, -0.05) is 48.9 Å². The topological polar surface area (TPSA) is 61.7 Å². The van der Waals surface area contributed by atoms with Crippen molar-refractivity contribution in [3.63, 3.8) is 0 Å². The molecular weight excluding hydrogens is 296 g/mol. The molecule has 0 amide bonds. The molecule has 2 N–H and O–H groups in total.